The van der Waals surface area contributed by atoms with E-state index in [1.807, 2.05) is 48.5 Å². The molecule has 1 atom stereocenters. The van der Waals surface area contributed by atoms with Crippen LogP contribution in [-0.4, -0.2) is 33.6 Å². The summed E-state index contributed by atoms with van der Waals surface area (Å²) < 4.78 is 18.6. The Morgan fingerprint density at radius 3 is 2.66 bits per heavy atom. The van der Waals surface area contributed by atoms with Crippen LogP contribution in [0.25, 0.3) is 32.6 Å². The van der Waals surface area contributed by atoms with E-state index in [9.17, 15) is 4.21 Å². The van der Waals surface area contributed by atoms with Crippen molar-refractivity contribution in [3.63, 3.8) is 0 Å². The van der Waals surface area contributed by atoms with Crippen molar-refractivity contribution in [1.29, 1.82) is 0 Å². The van der Waals surface area contributed by atoms with Gasteiger partial charge in [-0.2, -0.15) is 0 Å². The summed E-state index contributed by atoms with van der Waals surface area (Å²) in [6, 6.07) is 16.0. The molecule has 1 aromatic carbocycles. The Morgan fingerprint density at radius 2 is 1.93 bits per heavy atom. The summed E-state index contributed by atoms with van der Waals surface area (Å²) in [5.41, 5.74) is 10.9. The summed E-state index contributed by atoms with van der Waals surface area (Å²) in [5.74, 6) is 0.515. The lowest BCUT2D eigenvalue weighted by atomic mass is 10.0. The van der Waals surface area contributed by atoms with Crippen LogP contribution < -0.4 is 5.73 Å². The third-order valence-corrected chi connectivity index (χ3v) is 7.59. The number of fused-ring (bicyclic) bond motifs is 1. The average Bonchev–Trinajstić information content (AvgIpc) is 3.11. The highest BCUT2D eigenvalue weighted by atomic mass is 32.2. The topological polar surface area (TPSA) is 78.1 Å². The fourth-order valence-corrected chi connectivity index (χ4v) is 5.83. The molecule has 148 valence electrons. The maximum atomic E-state index is 12.9. The number of methoxy groups -OCH3 is 1. The van der Waals surface area contributed by atoms with E-state index in [1.54, 1.807) is 19.5 Å². The van der Waals surface area contributed by atoms with Crippen LogP contribution in [0.2, 0.25) is 0 Å². The molecule has 0 aliphatic rings. The number of nitrogens with two attached hydrogens (primary N) is 1. The summed E-state index contributed by atoms with van der Waals surface area (Å²) >= 11 is 1.41. The van der Waals surface area contributed by atoms with Gasteiger partial charge in [0.25, 0.3) is 0 Å². The normalized spacial score (nSPS) is 12.3. The van der Waals surface area contributed by atoms with Crippen molar-refractivity contribution < 1.29 is 8.95 Å². The van der Waals surface area contributed by atoms with Gasteiger partial charge in [0.15, 0.2) is 0 Å². The Balaban J connectivity index is 1.89. The van der Waals surface area contributed by atoms with Crippen molar-refractivity contribution in [3.05, 3.63) is 60.9 Å². The first kappa shape index (κ1) is 19.7. The molecule has 0 spiro atoms. The Kier molecular flexibility index (Phi) is 5.99. The van der Waals surface area contributed by atoms with Gasteiger partial charge in [-0.25, -0.2) is 4.98 Å². The van der Waals surface area contributed by atoms with Gasteiger partial charge in [0.1, 0.15) is 9.04 Å². The molecular weight excluding hydrogens is 402 g/mol. The zero-order valence-electron chi connectivity index (χ0n) is 16.0. The van der Waals surface area contributed by atoms with Crippen LogP contribution in [0, 0.1) is 0 Å². The molecule has 3 aromatic heterocycles. The van der Waals surface area contributed by atoms with Crippen molar-refractivity contribution in [1.82, 2.24) is 9.97 Å². The van der Waals surface area contributed by atoms with Crippen LogP contribution in [0.3, 0.4) is 0 Å². The molecule has 29 heavy (non-hydrogen) atoms. The summed E-state index contributed by atoms with van der Waals surface area (Å²) in [7, 11) is 0.462. The first-order valence-electron chi connectivity index (χ1n) is 9.25. The molecule has 0 unspecified atom stereocenters. The minimum absolute atomic E-state index is 0.515. The predicted molar refractivity (Wildman–Crippen MR) is 120 cm³/mol. The molecule has 4 rings (SSSR count). The minimum Gasteiger partial charge on any atom is -0.396 e. The number of hydrogen-bond acceptors (Lipinski definition) is 6. The van der Waals surface area contributed by atoms with Gasteiger partial charge in [0.2, 0.25) is 0 Å². The second-order valence-corrected chi connectivity index (χ2v) is 9.31. The molecule has 0 bridgehead atoms. The van der Waals surface area contributed by atoms with E-state index >= 15 is 0 Å². The standard InChI is InChI=1S/C22H21N3O2S2/c1-27-11-6-12-29(26)22-20(23)19-17(15-7-3-2-4-8-15)13-18(25-21(19)28-22)16-9-5-10-24-14-16/h2-5,7-10,13-14H,6,11-12,23H2,1H3/t29-/m0/s1. The molecular formula is C22H21N3O2S2. The molecule has 0 saturated carbocycles. The van der Waals surface area contributed by atoms with E-state index in [0.717, 1.165) is 39.0 Å². The Labute approximate surface area is 176 Å². The van der Waals surface area contributed by atoms with Crippen molar-refractivity contribution in [3.8, 4) is 22.4 Å². The first-order chi connectivity index (χ1) is 14.2. The van der Waals surface area contributed by atoms with Crippen LogP contribution in [0.4, 0.5) is 5.69 Å². The van der Waals surface area contributed by atoms with Gasteiger partial charge in [0.05, 0.1) is 22.2 Å². The number of ether oxygens (including phenoxy) is 1. The van der Waals surface area contributed by atoms with Gasteiger partial charge in [-0.05, 0) is 35.7 Å². The molecule has 7 heteroatoms. The van der Waals surface area contributed by atoms with Gasteiger partial charge in [-0.1, -0.05) is 30.3 Å². The third-order valence-electron chi connectivity index (χ3n) is 4.59. The lowest BCUT2D eigenvalue weighted by molar-refractivity contribution is 0.200. The van der Waals surface area contributed by atoms with Crippen molar-refractivity contribution in [2.45, 2.75) is 10.6 Å². The van der Waals surface area contributed by atoms with Crippen LogP contribution >= 0.6 is 11.3 Å². The quantitative estimate of drug-likeness (QED) is 0.434. The van der Waals surface area contributed by atoms with Crippen LogP contribution in [0.15, 0.2) is 65.1 Å². The summed E-state index contributed by atoms with van der Waals surface area (Å²) in [6.07, 6.45) is 4.25. The van der Waals surface area contributed by atoms with E-state index in [2.05, 4.69) is 4.98 Å². The maximum Gasteiger partial charge on any atom is 0.127 e. The van der Waals surface area contributed by atoms with Gasteiger partial charge in [0, 0.05) is 42.8 Å². The predicted octanol–water partition coefficient (Wildman–Crippen LogP) is 4.75. The summed E-state index contributed by atoms with van der Waals surface area (Å²) in [5, 5.41) is 0.865. The highest BCUT2D eigenvalue weighted by molar-refractivity contribution is 7.87. The van der Waals surface area contributed by atoms with E-state index < -0.39 is 10.8 Å². The lowest BCUT2D eigenvalue weighted by Gasteiger charge is -2.08. The van der Waals surface area contributed by atoms with E-state index in [0.29, 0.717) is 22.3 Å². The number of rotatable bonds is 7. The molecule has 0 fully saturated rings. The van der Waals surface area contributed by atoms with E-state index in [1.165, 1.54) is 11.3 Å². The van der Waals surface area contributed by atoms with Crippen LogP contribution in [-0.2, 0) is 15.5 Å². The number of nitrogen functional groups attached to an aromatic ring is 1. The highest BCUT2D eigenvalue weighted by Gasteiger charge is 2.20. The van der Waals surface area contributed by atoms with Crippen molar-refractivity contribution in [2.24, 2.45) is 0 Å². The molecule has 0 amide bonds. The smallest absolute Gasteiger partial charge is 0.127 e. The van der Waals surface area contributed by atoms with Crippen LogP contribution in [0.1, 0.15) is 6.42 Å². The Morgan fingerprint density at radius 1 is 1.14 bits per heavy atom. The molecule has 5 nitrogen and oxygen atoms in total. The number of thiophene rings is 1. The Hall–Kier alpha value is -2.61. The highest BCUT2D eigenvalue weighted by Crippen LogP contribution is 2.42. The second kappa shape index (κ2) is 8.82. The molecule has 0 saturated heterocycles. The van der Waals surface area contributed by atoms with Gasteiger partial charge in [-0.3, -0.25) is 9.19 Å². The zero-order chi connectivity index (χ0) is 20.2. The van der Waals surface area contributed by atoms with Gasteiger partial charge < -0.3 is 10.5 Å². The van der Waals surface area contributed by atoms with Crippen LogP contribution in [0.5, 0.6) is 0 Å². The van der Waals surface area contributed by atoms with Gasteiger partial charge >= 0.3 is 0 Å². The number of pyridine rings is 2. The molecule has 4 aromatic rings. The Bertz CT molecular complexity index is 1150. The van der Waals surface area contributed by atoms with E-state index in [-0.39, 0.29) is 0 Å². The molecule has 0 aliphatic carbocycles. The fraction of sp³-hybridized carbons (Fsp3) is 0.182. The largest absolute Gasteiger partial charge is 0.396 e. The maximum absolute atomic E-state index is 12.9. The van der Waals surface area contributed by atoms with Gasteiger partial charge in [-0.15, -0.1) is 11.3 Å². The minimum atomic E-state index is -1.18. The number of aromatic nitrogens is 2. The number of hydrogen-bond donors (Lipinski definition) is 1. The number of nitrogens with zero attached hydrogens (tertiary/aromatic N) is 2. The van der Waals surface area contributed by atoms with Crippen molar-refractivity contribution in [2.75, 3.05) is 25.2 Å². The monoisotopic (exact) mass is 423 g/mol. The SMILES string of the molecule is COCCC[S@](=O)c1sc2nc(-c3cccnc3)cc(-c3ccccc3)c2c1N. The molecule has 0 radical (unpaired) electrons. The fourth-order valence-electron chi connectivity index (χ4n) is 3.20. The lowest BCUT2D eigenvalue weighted by Crippen LogP contribution is -2.02. The zero-order valence-corrected chi connectivity index (χ0v) is 17.6. The summed E-state index contributed by atoms with van der Waals surface area (Å²) in [6.45, 7) is 0.579. The molecule has 0 aliphatic heterocycles. The third kappa shape index (κ3) is 4.07. The molecule has 3 heterocycles. The first-order valence-corrected chi connectivity index (χ1v) is 11.4. The molecule has 2 N–H and O–H groups in total. The number of benzene rings is 1. The average molecular weight is 424 g/mol. The number of anilines is 1. The summed E-state index contributed by atoms with van der Waals surface area (Å²) in [4.78, 5) is 9.84. The van der Waals surface area contributed by atoms with Crippen molar-refractivity contribution >= 4 is 38.0 Å². The van der Waals surface area contributed by atoms with E-state index in [4.69, 9.17) is 15.5 Å². The second-order valence-electron chi connectivity index (χ2n) is 6.54.